The molecule has 5 nitrogen and oxygen atoms in total. The number of rotatable bonds is 4. The monoisotopic (exact) mass is 295 g/mol. The maximum atomic E-state index is 12.0. The number of H-pyrrole nitrogens is 1. The van der Waals surface area contributed by atoms with E-state index in [9.17, 15) is 9.59 Å². The molecule has 110 valence electrons. The third-order valence-corrected chi connectivity index (χ3v) is 4.93. The van der Waals surface area contributed by atoms with Gasteiger partial charge in [-0.3, -0.25) is 9.59 Å². The van der Waals surface area contributed by atoms with Gasteiger partial charge in [0.1, 0.15) is 0 Å². The molecule has 0 aliphatic heterocycles. The number of nitrogens with zero attached hydrogens (tertiary/aromatic N) is 1. The summed E-state index contributed by atoms with van der Waals surface area (Å²) in [5.74, 6) is 1.47. The Balaban J connectivity index is 1.82. The molecule has 1 aromatic rings. The van der Waals surface area contributed by atoms with Crippen molar-refractivity contribution in [3.05, 3.63) is 22.6 Å². The van der Waals surface area contributed by atoms with Crippen molar-refractivity contribution in [2.45, 2.75) is 44.3 Å². The van der Waals surface area contributed by atoms with Gasteiger partial charge in [-0.2, -0.15) is 0 Å². The Morgan fingerprint density at radius 2 is 2.30 bits per heavy atom. The van der Waals surface area contributed by atoms with E-state index < -0.39 is 0 Å². The van der Waals surface area contributed by atoms with E-state index >= 15 is 0 Å². The van der Waals surface area contributed by atoms with Crippen molar-refractivity contribution in [1.29, 1.82) is 0 Å². The maximum absolute atomic E-state index is 12.0. The van der Waals surface area contributed by atoms with Crippen molar-refractivity contribution in [2.24, 2.45) is 11.8 Å². The Morgan fingerprint density at radius 1 is 1.50 bits per heavy atom. The molecule has 2 N–H and O–H groups in total. The van der Waals surface area contributed by atoms with Crippen LogP contribution in [0.5, 0.6) is 0 Å². The van der Waals surface area contributed by atoms with E-state index in [1.165, 1.54) is 36.9 Å². The van der Waals surface area contributed by atoms with Crippen LogP contribution in [0.3, 0.4) is 0 Å². The van der Waals surface area contributed by atoms with Gasteiger partial charge in [-0.1, -0.05) is 38.5 Å². The minimum Gasteiger partial charge on any atom is -0.352 e. The predicted octanol–water partition coefficient (Wildman–Crippen LogP) is 1.80. The van der Waals surface area contributed by atoms with Crippen LogP contribution in [0.2, 0.25) is 0 Å². The SMILES string of the molecule is C[C@H]1[C@H](C)CCC[C@@H]1NC(=O)CSc1nccc(=O)[nH]1. The standard InChI is InChI=1S/C14H21N3O2S/c1-9-4-3-5-11(10(9)2)16-13(19)8-20-14-15-7-6-12(18)17-14/h6-7,9-11H,3-5,8H2,1-2H3,(H,16,19)(H,15,17,18)/t9-,10+,11+/m1/s1. The molecule has 20 heavy (non-hydrogen) atoms. The average Bonchev–Trinajstić information content (AvgIpc) is 2.42. The summed E-state index contributed by atoms with van der Waals surface area (Å²) in [6.07, 6.45) is 4.93. The van der Waals surface area contributed by atoms with Gasteiger partial charge in [0.05, 0.1) is 5.75 Å². The molecule has 2 rings (SSSR count). The third kappa shape index (κ3) is 4.10. The van der Waals surface area contributed by atoms with E-state index in [1.54, 1.807) is 0 Å². The highest BCUT2D eigenvalue weighted by Gasteiger charge is 2.27. The van der Waals surface area contributed by atoms with Gasteiger partial charge in [-0.25, -0.2) is 4.98 Å². The number of thioether (sulfide) groups is 1. The minimum absolute atomic E-state index is 0.00690. The zero-order valence-corrected chi connectivity index (χ0v) is 12.7. The van der Waals surface area contributed by atoms with E-state index in [4.69, 9.17) is 0 Å². The highest BCUT2D eigenvalue weighted by molar-refractivity contribution is 7.99. The molecule has 0 unspecified atom stereocenters. The molecule has 0 bridgehead atoms. The summed E-state index contributed by atoms with van der Waals surface area (Å²) in [4.78, 5) is 29.7. The number of aromatic nitrogens is 2. The summed E-state index contributed by atoms with van der Waals surface area (Å²) in [5, 5.41) is 3.59. The largest absolute Gasteiger partial charge is 0.352 e. The lowest BCUT2D eigenvalue weighted by molar-refractivity contribution is -0.120. The van der Waals surface area contributed by atoms with Crippen molar-refractivity contribution in [2.75, 3.05) is 5.75 Å². The average molecular weight is 295 g/mol. The molecule has 1 heterocycles. The molecule has 0 saturated heterocycles. The number of carbonyl (C=O) groups excluding carboxylic acids is 1. The number of hydrogen-bond acceptors (Lipinski definition) is 4. The Bertz CT molecular complexity index is 517. The molecule has 0 spiro atoms. The lowest BCUT2D eigenvalue weighted by atomic mass is 9.78. The first-order valence-corrected chi connectivity index (χ1v) is 8.02. The molecule has 1 amide bonds. The fourth-order valence-electron chi connectivity index (χ4n) is 2.59. The topological polar surface area (TPSA) is 74.8 Å². The van der Waals surface area contributed by atoms with E-state index in [-0.39, 0.29) is 23.3 Å². The second kappa shape index (κ2) is 6.92. The van der Waals surface area contributed by atoms with Crippen LogP contribution >= 0.6 is 11.8 Å². The number of nitrogens with one attached hydrogen (secondary N) is 2. The fourth-order valence-corrected chi connectivity index (χ4v) is 3.25. The molecular formula is C14H21N3O2S. The van der Waals surface area contributed by atoms with Gasteiger partial charge >= 0.3 is 0 Å². The van der Waals surface area contributed by atoms with Crippen molar-refractivity contribution in [3.63, 3.8) is 0 Å². The highest BCUT2D eigenvalue weighted by atomic mass is 32.2. The normalized spacial score (nSPS) is 26.2. The van der Waals surface area contributed by atoms with E-state index in [0.29, 0.717) is 17.0 Å². The zero-order valence-electron chi connectivity index (χ0n) is 11.9. The molecule has 1 aliphatic carbocycles. The van der Waals surface area contributed by atoms with Crippen LogP contribution < -0.4 is 10.9 Å². The van der Waals surface area contributed by atoms with Crippen LogP contribution in [0.25, 0.3) is 0 Å². The molecular weight excluding hydrogens is 274 g/mol. The molecule has 1 aliphatic rings. The van der Waals surface area contributed by atoms with Crippen LogP contribution in [0.4, 0.5) is 0 Å². The number of hydrogen-bond donors (Lipinski definition) is 2. The summed E-state index contributed by atoms with van der Waals surface area (Å²) < 4.78 is 0. The van der Waals surface area contributed by atoms with Gasteiger partial charge in [0.25, 0.3) is 5.56 Å². The highest BCUT2D eigenvalue weighted by Crippen LogP contribution is 2.29. The lowest BCUT2D eigenvalue weighted by Gasteiger charge is -2.34. The van der Waals surface area contributed by atoms with Crippen LogP contribution in [-0.2, 0) is 4.79 Å². The quantitative estimate of drug-likeness (QED) is 0.656. The number of aromatic amines is 1. The Kier molecular flexibility index (Phi) is 5.23. The van der Waals surface area contributed by atoms with Crippen LogP contribution in [0.1, 0.15) is 33.1 Å². The Labute approximate surface area is 123 Å². The second-order valence-electron chi connectivity index (χ2n) is 5.47. The molecule has 1 aromatic heterocycles. The summed E-state index contributed by atoms with van der Waals surface area (Å²) in [6, 6.07) is 1.63. The Morgan fingerprint density at radius 3 is 3.05 bits per heavy atom. The first-order chi connectivity index (χ1) is 9.56. The molecule has 1 saturated carbocycles. The van der Waals surface area contributed by atoms with Crippen LogP contribution in [-0.4, -0.2) is 27.7 Å². The molecule has 0 aromatic carbocycles. The fraction of sp³-hybridized carbons (Fsp3) is 0.643. The molecule has 1 fully saturated rings. The molecule has 3 atom stereocenters. The predicted molar refractivity (Wildman–Crippen MR) is 79.7 cm³/mol. The van der Waals surface area contributed by atoms with Crippen LogP contribution in [0, 0.1) is 11.8 Å². The molecule has 0 radical (unpaired) electrons. The maximum Gasteiger partial charge on any atom is 0.251 e. The lowest BCUT2D eigenvalue weighted by Crippen LogP contribution is -2.44. The zero-order chi connectivity index (χ0) is 14.5. The van der Waals surface area contributed by atoms with Crippen LogP contribution in [0.15, 0.2) is 22.2 Å². The van der Waals surface area contributed by atoms with Gasteiger partial charge < -0.3 is 10.3 Å². The van der Waals surface area contributed by atoms with Crippen molar-refractivity contribution >= 4 is 17.7 Å². The smallest absolute Gasteiger partial charge is 0.251 e. The third-order valence-electron chi connectivity index (χ3n) is 4.04. The summed E-state index contributed by atoms with van der Waals surface area (Å²) in [5.41, 5.74) is -0.197. The number of carbonyl (C=O) groups is 1. The minimum atomic E-state index is -0.197. The van der Waals surface area contributed by atoms with Gasteiger partial charge in [-0.05, 0) is 18.3 Å². The summed E-state index contributed by atoms with van der Waals surface area (Å²) in [7, 11) is 0. The van der Waals surface area contributed by atoms with Gasteiger partial charge in [0, 0.05) is 18.3 Å². The van der Waals surface area contributed by atoms with Gasteiger partial charge in [-0.15, -0.1) is 0 Å². The van der Waals surface area contributed by atoms with E-state index in [1.807, 2.05) is 0 Å². The van der Waals surface area contributed by atoms with Crippen molar-refractivity contribution < 1.29 is 4.79 Å². The van der Waals surface area contributed by atoms with Gasteiger partial charge in [0.2, 0.25) is 5.91 Å². The first kappa shape index (κ1) is 15.1. The summed E-state index contributed by atoms with van der Waals surface area (Å²) >= 11 is 1.25. The second-order valence-corrected chi connectivity index (χ2v) is 6.43. The molecule has 6 heteroatoms. The first-order valence-electron chi connectivity index (χ1n) is 7.03. The summed E-state index contributed by atoms with van der Waals surface area (Å²) in [6.45, 7) is 4.45. The van der Waals surface area contributed by atoms with Gasteiger partial charge in [0.15, 0.2) is 5.16 Å². The van der Waals surface area contributed by atoms with E-state index in [2.05, 4.69) is 29.1 Å². The number of amides is 1. The van der Waals surface area contributed by atoms with Crippen molar-refractivity contribution in [1.82, 2.24) is 15.3 Å². The van der Waals surface area contributed by atoms with E-state index in [0.717, 1.165) is 6.42 Å². The Hall–Kier alpha value is -1.30. The van der Waals surface area contributed by atoms with Crippen molar-refractivity contribution in [3.8, 4) is 0 Å².